The molecule has 1 nitrogen and oxygen atoms in total. The standard InChI is InChI=1S/C25H53N/c1-6-9-12-15-16-19-22-26(5)23-25(21-18-14-11-8-3)24(4)20-17-13-10-7-2/h24-25H,6-23H2,1-5H3. The summed E-state index contributed by atoms with van der Waals surface area (Å²) in [7, 11) is 2.37. The Hall–Kier alpha value is -0.0400. The summed E-state index contributed by atoms with van der Waals surface area (Å²) in [6.45, 7) is 12.1. The van der Waals surface area contributed by atoms with Crippen LogP contribution in [0.4, 0.5) is 0 Å². The van der Waals surface area contributed by atoms with E-state index in [-0.39, 0.29) is 0 Å². The molecule has 2 atom stereocenters. The van der Waals surface area contributed by atoms with Crippen molar-refractivity contribution >= 4 is 0 Å². The van der Waals surface area contributed by atoms with Gasteiger partial charge in [-0.3, -0.25) is 0 Å². The van der Waals surface area contributed by atoms with Gasteiger partial charge in [-0.15, -0.1) is 0 Å². The number of hydrogen-bond donors (Lipinski definition) is 0. The topological polar surface area (TPSA) is 3.24 Å². The Bertz CT molecular complexity index is 263. The van der Waals surface area contributed by atoms with Crippen molar-refractivity contribution in [1.29, 1.82) is 0 Å². The molecule has 0 aromatic rings. The monoisotopic (exact) mass is 367 g/mol. The van der Waals surface area contributed by atoms with Crippen molar-refractivity contribution in [2.24, 2.45) is 11.8 Å². The van der Waals surface area contributed by atoms with Gasteiger partial charge >= 0.3 is 0 Å². The van der Waals surface area contributed by atoms with Gasteiger partial charge in [0, 0.05) is 6.54 Å². The zero-order valence-electron chi connectivity index (χ0n) is 19.3. The van der Waals surface area contributed by atoms with E-state index in [0.717, 1.165) is 11.8 Å². The molecular weight excluding hydrogens is 314 g/mol. The number of unbranched alkanes of at least 4 members (excludes halogenated alkanes) is 11. The molecular formula is C25H53N. The molecule has 0 aromatic carbocycles. The average molecular weight is 368 g/mol. The number of rotatable bonds is 20. The lowest BCUT2D eigenvalue weighted by Gasteiger charge is -2.29. The lowest BCUT2D eigenvalue weighted by molar-refractivity contribution is 0.201. The Morgan fingerprint density at radius 3 is 1.62 bits per heavy atom. The first kappa shape index (κ1) is 26.0. The van der Waals surface area contributed by atoms with E-state index in [2.05, 4.69) is 39.6 Å². The fourth-order valence-electron chi connectivity index (χ4n) is 4.17. The van der Waals surface area contributed by atoms with E-state index in [1.807, 2.05) is 0 Å². The molecule has 0 spiro atoms. The van der Waals surface area contributed by atoms with Crippen molar-refractivity contribution in [2.45, 2.75) is 130 Å². The SMILES string of the molecule is CCCCCCCCN(C)CC(CCCCCC)C(C)CCCCCC. The molecule has 0 saturated carbocycles. The van der Waals surface area contributed by atoms with Gasteiger partial charge in [0.05, 0.1) is 0 Å². The van der Waals surface area contributed by atoms with E-state index in [1.54, 1.807) is 0 Å². The maximum absolute atomic E-state index is 2.65. The highest BCUT2D eigenvalue weighted by Crippen LogP contribution is 2.25. The van der Waals surface area contributed by atoms with Gasteiger partial charge in [-0.2, -0.15) is 0 Å². The third kappa shape index (κ3) is 16.2. The van der Waals surface area contributed by atoms with Crippen molar-refractivity contribution in [3.8, 4) is 0 Å². The van der Waals surface area contributed by atoms with Crippen LogP contribution < -0.4 is 0 Å². The van der Waals surface area contributed by atoms with Crippen LogP contribution >= 0.6 is 0 Å². The van der Waals surface area contributed by atoms with Crippen LogP contribution in [0.2, 0.25) is 0 Å². The first-order valence-corrected chi connectivity index (χ1v) is 12.3. The summed E-state index contributed by atoms with van der Waals surface area (Å²) in [4.78, 5) is 2.65. The van der Waals surface area contributed by atoms with Crippen molar-refractivity contribution in [3.05, 3.63) is 0 Å². The molecule has 158 valence electrons. The molecule has 0 N–H and O–H groups in total. The summed E-state index contributed by atoms with van der Waals surface area (Å²) < 4.78 is 0. The molecule has 0 fully saturated rings. The minimum absolute atomic E-state index is 0.903. The summed E-state index contributed by atoms with van der Waals surface area (Å²) in [5.41, 5.74) is 0. The smallest absolute Gasteiger partial charge is 0.000915 e. The van der Waals surface area contributed by atoms with E-state index < -0.39 is 0 Å². The maximum atomic E-state index is 2.65. The minimum atomic E-state index is 0.903. The third-order valence-electron chi connectivity index (χ3n) is 6.19. The molecule has 0 aliphatic heterocycles. The highest BCUT2D eigenvalue weighted by atomic mass is 15.1. The highest BCUT2D eigenvalue weighted by Gasteiger charge is 2.18. The fourth-order valence-corrected chi connectivity index (χ4v) is 4.17. The van der Waals surface area contributed by atoms with Crippen LogP contribution in [0, 0.1) is 11.8 Å². The van der Waals surface area contributed by atoms with E-state index >= 15 is 0 Å². The van der Waals surface area contributed by atoms with Crippen LogP contribution in [-0.2, 0) is 0 Å². The summed E-state index contributed by atoms with van der Waals surface area (Å²) in [6.07, 6.45) is 22.7. The van der Waals surface area contributed by atoms with Gasteiger partial charge in [0.2, 0.25) is 0 Å². The van der Waals surface area contributed by atoms with Gasteiger partial charge in [-0.1, -0.05) is 118 Å². The van der Waals surface area contributed by atoms with Crippen LogP contribution in [-0.4, -0.2) is 25.0 Å². The molecule has 0 radical (unpaired) electrons. The molecule has 0 aliphatic rings. The summed E-state index contributed by atoms with van der Waals surface area (Å²) in [5.74, 6) is 1.82. The quantitative estimate of drug-likeness (QED) is 0.195. The van der Waals surface area contributed by atoms with Crippen LogP contribution in [0.15, 0.2) is 0 Å². The summed E-state index contributed by atoms with van der Waals surface area (Å²) in [5, 5.41) is 0. The van der Waals surface area contributed by atoms with Crippen LogP contribution in [0.25, 0.3) is 0 Å². The molecule has 0 amide bonds. The molecule has 0 aromatic heterocycles. The Kier molecular flexibility index (Phi) is 19.7. The van der Waals surface area contributed by atoms with Crippen LogP contribution in [0.3, 0.4) is 0 Å². The van der Waals surface area contributed by atoms with Gasteiger partial charge in [0.15, 0.2) is 0 Å². The van der Waals surface area contributed by atoms with Crippen molar-refractivity contribution in [3.63, 3.8) is 0 Å². The predicted octanol–water partition coefficient (Wildman–Crippen LogP) is 8.47. The molecule has 0 heterocycles. The molecule has 0 saturated heterocycles. The molecule has 0 aliphatic carbocycles. The minimum Gasteiger partial charge on any atom is -0.306 e. The maximum Gasteiger partial charge on any atom is 0.000915 e. The van der Waals surface area contributed by atoms with E-state index in [4.69, 9.17) is 0 Å². The van der Waals surface area contributed by atoms with Crippen molar-refractivity contribution in [2.75, 3.05) is 20.1 Å². The van der Waals surface area contributed by atoms with E-state index in [1.165, 1.54) is 116 Å². The second-order valence-corrected chi connectivity index (χ2v) is 8.97. The van der Waals surface area contributed by atoms with Gasteiger partial charge in [-0.05, 0) is 38.3 Å². The fraction of sp³-hybridized carbons (Fsp3) is 1.00. The van der Waals surface area contributed by atoms with E-state index in [9.17, 15) is 0 Å². The summed E-state index contributed by atoms with van der Waals surface area (Å²) in [6, 6.07) is 0. The molecule has 26 heavy (non-hydrogen) atoms. The Morgan fingerprint density at radius 2 is 1.04 bits per heavy atom. The summed E-state index contributed by atoms with van der Waals surface area (Å²) >= 11 is 0. The number of hydrogen-bond acceptors (Lipinski definition) is 1. The van der Waals surface area contributed by atoms with Crippen molar-refractivity contribution in [1.82, 2.24) is 4.90 Å². The second-order valence-electron chi connectivity index (χ2n) is 8.97. The Labute approximate surface area is 167 Å². The average Bonchev–Trinajstić information content (AvgIpc) is 2.64. The highest BCUT2D eigenvalue weighted by molar-refractivity contribution is 4.71. The van der Waals surface area contributed by atoms with Crippen LogP contribution in [0.5, 0.6) is 0 Å². The van der Waals surface area contributed by atoms with Gasteiger partial charge < -0.3 is 4.90 Å². The molecule has 2 unspecified atom stereocenters. The lowest BCUT2D eigenvalue weighted by Crippen LogP contribution is -2.30. The normalized spacial score (nSPS) is 14.1. The zero-order valence-corrected chi connectivity index (χ0v) is 19.3. The Balaban J connectivity index is 4.13. The third-order valence-corrected chi connectivity index (χ3v) is 6.19. The van der Waals surface area contributed by atoms with E-state index in [0.29, 0.717) is 0 Å². The lowest BCUT2D eigenvalue weighted by atomic mass is 9.85. The van der Waals surface area contributed by atoms with Gasteiger partial charge in [-0.25, -0.2) is 0 Å². The van der Waals surface area contributed by atoms with Crippen LogP contribution in [0.1, 0.15) is 130 Å². The number of nitrogens with zero attached hydrogens (tertiary/aromatic N) is 1. The largest absolute Gasteiger partial charge is 0.306 e. The first-order chi connectivity index (χ1) is 12.7. The molecule has 0 rings (SSSR count). The second kappa shape index (κ2) is 19.7. The molecule has 1 heteroatoms. The molecule has 0 bridgehead atoms. The first-order valence-electron chi connectivity index (χ1n) is 12.3. The van der Waals surface area contributed by atoms with Crippen molar-refractivity contribution < 1.29 is 0 Å². The Morgan fingerprint density at radius 1 is 0.577 bits per heavy atom. The predicted molar refractivity (Wildman–Crippen MR) is 121 cm³/mol. The van der Waals surface area contributed by atoms with Gasteiger partial charge in [0.25, 0.3) is 0 Å². The van der Waals surface area contributed by atoms with Gasteiger partial charge in [0.1, 0.15) is 0 Å². The zero-order chi connectivity index (χ0) is 19.5.